The molecule has 80 valence electrons. The fourth-order valence-corrected chi connectivity index (χ4v) is 1.13. The Hall–Kier alpha value is -1.24. The van der Waals surface area contributed by atoms with E-state index >= 15 is 0 Å². The fourth-order valence-electron chi connectivity index (χ4n) is 1.13. The van der Waals surface area contributed by atoms with E-state index in [0.717, 1.165) is 6.08 Å². The van der Waals surface area contributed by atoms with Gasteiger partial charge in [-0.2, -0.15) is 0 Å². The molecule has 0 bridgehead atoms. The van der Waals surface area contributed by atoms with Crippen molar-refractivity contribution in [2.75, 3.05) is 6.54 Å². The van der Waals surface area contributed by atoms with Crippen LogP contribution in [0.3, 0.4) is 0 Å². The predicted molar refractivity (Wildman–Crippen MR) is 54.8 cm³/mol. The van der Waals surface area contributed by atoms with Crippen LogP contribution in [0.25, 0.3) is 0 Å². The van der Waals surface area contributed by atoms with Crippen LogP contribution in [0, 0.1) is 5.41 Å². The lowest BCUT2D eigenvalue weighted by molar-refractivity contribution is 0.504. The van der Waals surface area contributed by atoms with E-state index in [1.54, 1.807) is 6.92 Å². The Balaban J connectivity index is 0. The summed E-state index contributed by atoms with van der Waals surface area (Å²) in [6.07, 6.45) is 11.1. The third-order valence-corrected chi connectivity index (χ3v) is 1.72. The zero-order valence-corrected chi connectivity index (χ0v) is 8.71. The van der Waals surface area contributed by atoms with Crippen molar-refractivity contribution in [1.29, 1.82) is 5.41 Å². The van der Waals surface area contributed by atoms with Crippen LogP contribution in [-0.2, 0) is 9.59 Å². The first-order chi connectivity index (χ1) is 6.83. The van der Waals surface area contributed by atoms with Gasteiger partial charge in [-0.15, -0.1) is 0 Å². The van der Waals surface area contributed by atoms with Crippen LogP contribution in [-0.4, -0.2) is 18.7 Å². The SMILES string of the molecule is C1CCCCC1.CCN=C=O.N=C=O. The van der Waals surface area contributed by atoms with Crippen molar-refractivity contribution < 1.29 is 9.59 Å². The second-order valence-corrected chi connectivity index (χ2v) is 2.79. The maximum absolute atomic E-state index is 9.11. The van der Waals surface area contributed by atoms with Gasteiger partial charge in [0.1, 0.15) is 0 Å². The molecule has 0 aromatic heterocycles. The Morgan fingerprint density at radius 1 is 1.07 bits per heavy atom. The minimum atomic E-state index is 0.545. The zero-order chi connectivity index (χ0) is 11.1. The Bertz CT molecular complexity index is 165. The smallest absolute Gasteiger partial charge is 0.222 e. The van der Waals surface area contributed by atoms with Crippen molar-refractivity contribution >= 4 is 12.2 Å². The first-order valence-corrected chi connectivity index (χ1v) is 4.91. The number of nitrogens with one attached hydrogen (secondary N) is 1. The molecule has 0 spiro atoms. The van der Waals surface area contributed by atoms with E-state index < -0.39 is 0 Å². The summed E-state index contributed by atoms with van der Waals surface area (Å²) in [5, 5.41) is 5.40. The van der Waals surface area contributed by atoms with Gasteiger partial charge in [-0.05, 0) is 6.92 Å². The third-order valence-electron chi connectivity index (χ3n) is 1.72. The topological polar surface area (TPSA) is 70.3 Å². The summed E-state index contributed by atoms with van der Waals surface area (Å²) in [6, 6.07) is 0. The standard InChI is InChI=1S/C6H12.C3H5NO.CHNO/c1-2-4-6-5-3-1;1-2-4-3-5;2-1-3/h1-6H2;2H2,1H3;2H. The molecule has 0 atom stereocenters. The van der Waals surface area contributed by atoms with Gasteiger partial charge < -0.3 is 0 Å². The number of isocyanates is 2. The van der Waals surface area contributed by atoms with Crippen molar-refractivity contribution in [1.82, 2.24) is 0 Å². The lowest BCUT2D eigenvalue weighted by Crippen LogP contribution is -1.85. The molecule has 0 amide bonds. The molecule has 0 aliphatic heterocycles. The van der Waals surface area contributed by atoms with Crippen LogP contribution in [0.2, 0.25) is 0 Å². The van der Waals surface area contributed by atoms with Gasteiger partial charge in [0.15, 0.2) is 0 Å². The molecule has 1 fully saturated rings. The lowest BCUT2D eigenvalue weighted by Gasteiger charge is -2.05. The summed E-state index contributed by atoms with van der Waals surface area (Å²) in [4.78, 5) is 20.6. The Labute approximate surface area is 84.9 Å². The number of rotatable bonds is 1. The second-order valence-electron chi connectivity index (χ2n) is 2.79. The summed E-state index contributed by atoms with van der Waals surface area (Å²) >= 11 is 0. The molecule has 0 heterocycles. The first-order valence-electron chi connectivity index (χ1n) is 4.91. The first kappa shape index (κ1) is 15.2. The van der Waals surface area contributed by atoms with Gasteiger partial charge in [0.05, 0.1) is 0 Å². The van der Waals surface area contributed by atoms with Gasteiger partial charge in [-0.1, -0.05) is 38.5 Å². The Kier molecular flexibility index (Phi) is 19.3. The molecule has 0 unspecified atom stereocenters. The molecule has 0 radical (unpaired) electrons. The average Bonchev–Trinajstić information content (AvgIpc) is 2.24. The van der Waals surface area contributed by atoms with E-state index in [1.165, 1.54) is 44.6 Å². The third kappa shape index (κ3) is 22.4. The highest BCUT2D eigenvalue weighted by Crippen LogP contribution is 2.15. The van der Waals surface area contributed by atoms with E-state index in [4.69, 9.17) is 15.0 Å². The summed E-state index contributed by atoms with van der Waals surface area (Å²) in [5.74, 6) is 0. The quantitative estimate of drug-likeness (QED) is 0.519. The van der Waals surface area contributed by atoms with Crippen LogP contribution in [0.15, 0.2) is 4.99 Å². The van der Waals surface area contributed by atoms with E-state index in [2.05, 4.69) is 4.99 Å². The van der Waals surface area contributed by atoms with Gasteiger partial charge >= 0.3 is 0 Å². The van der Waals surface area contributed by atoms with Crippen LogP contribution >= 0.6 is 0 Å². The van der Waals surface area contributed by atoms with Crippen molar-refractivity contribution in [2.45, 2.75) is 45.4 Å². The maximum Gasteiger partial charge on any atom is 0.234 e. The number of hydrogen-bond donors (Lipinski definition) is 1. The van der Waals surface area contributed by atoms with Crippen molar-refractivity contribution in [3.63, 3.8) is 0 Å². The van der Waals surface area contributed by atoms with Crippen LogP contribution < -0.4 is 0 Å². The second kappa shape index (κ2) is 17.7. The van der Waals surface area contributed by atoms with Crippen LogP contribution in [0.4, 0.5) is 0 Å². The highest BCUT2D eigenvalue weighted by Gasteiger charge is 1.95. The van der Waals surface area contributed by atoms with Gasteiger partial charge in [-0.3, -0.25) is 0 Å². The minimum absolute atomic E-state index is 0.545. The number of nitrogens with zero attached hydrogens (tertiary/aromatic N) is 1. The normalized spacial score (nSPS) is 12.9. The molecular weight excluding hydrogens is 180 g/mol. The van der Waals surface area contributed by atoms with Crippen molar-refractivity contribution in [2.24, 2.45) is 4.99 Å². The van der Waals surface area contributed by atoms with E-state index in [1.807, 2.05) is 0 Å². The zero-order valence-electron chi connectivity index (χ0n) is 8.71. The molecule has 0 saturated heterocycles. The summed E-state index contributed by atoms with van der Waals surface area (Å²) in [7, 11) is 0. The average molecular weight is 198 g/mol. The van der Waals surface area contributed by atoms with Gasteiger partial charge in [0, 0.05) is 6.54 Å². The van der Waals surface area contributed by atoms with Crippen molar-refractivity contribution in [3.05, 3.63) is 0 Å². The van der Waals surface area contributed by atoms with Gasteiger partial charge in [0.25, 0.3) is 0 Å². The molecule has 4 nitrogen and oxygen atoms in total. The number of hydrogen-bond acceptors (Lipinski definition) is 4. The molecular formula is C10H18N2O2. The molecule has 1 saturated carbocycles. The number of carbonyl (C=O) groups excluding carboxylic acids is 2. The van der Waals surface area contributed by atoms with E-state index in [0.29, 0.717) is 6.54 Å². The predicted octanol–water partition coefficient (Wildman–Crippen LogP) is 2.58. The molecule has 0 aromatic rings. The molecule has 14 heavy (non-hydrogen) atoms. The molecule has 0 aromatic carbocycles. The molecule has 1 aliphatic rings. The Morgan fingerprint density at radius 3 is 1.43 bits per heavy atom. The number of aliphatic imine (C=N–C) groups is 1. The molecule has 1 rings (SSSR count). The summed E-state index contributed by atoms with van der Waals surface area (Å²) in [6.45, 7) is 2.33. The largest absolute Gasteiger partial charge is 0.234 e. The monoisotopic (exact) mass is 198 g/mol. The van der Waals surface area contributed by atoms with Crippen LogP contribution in [0.1, 0.15) is 45.4 Å². The van der Waals surface area contributed by atoms with E-state index in [-0.39, 0.29) is 0 Å². The molecule has 4 heteroatoms. The van der Waals surface area contributed by atoms with Gasteiger partial charge in [0.2, 0.25) is 12.2 Å². The maximum atomic E-state index is 9.11. The molecule has 1 N–H and O–H groups in total. The van der Waals surface area contributed by atoms with Crippen LogP contribution in [0.5, 0.6) is 0 Å². The summed E-state index contributed by atoms with van der Waals surface area (Å²) < 4.78 is 0. The van der Waals surface area contributed by atoms with Crippen molar-refractivity contribution in [3.8, 4) is 0 Å². The summed E-state index contributed by atoms with van der Waals surface area (Å²) in [5.41, 5.74) is 0. The fraction of sp³-hybridized carbons (Fsp3) is 0.800. The molecule has 1 aliphatic carbocycles. The Morgan fingerprint density at radius 2 is 1.36 bits per heavy atom. The highest BCUT2D eigenvalue weighted by molar-refractivity contribution is 5.32. The highest BCUT2D eigenvalue weighted by atomic mass is 16.1. The minimum Gasteiger partial charge on any atom is -0.222 e. The van der Waals surface area contributed by atoms with E-state index in [9.17, 15) is 0 Å². The van der Waals surface area contributed by atoms with Gasteiger partial charge in [-0.25, -0.2) is 20.0 Å². The lowest BCUT2D eigenvalue weighted by atomic mass is 10.0.